The molecular weight excluding hydrogens is 436 g/mol. The molecule has 3 aromatic rings. The highest BCUT2D eigenvalue weighted by molar-refractivity contribution is 6.00. The van der Waals surface area contributed by atoms with Crippen LogP contribution in [-0.2, 0) is 4.79 Å². The average molecular weight is 465 g/mol. The summed E-state index contributed by atoms with van der Waals surface area (Å²) in [6.45, 7) is 2.41. The van der Waals surface area contributed by atoms with Gasteiger partial charge in [0.1, 0.15) is 5.75 Å². The number of nitrogens with zero attached hydrogens (tertiary/aromatic N) is 2. The van der Waals surface area contributed by atoms with Crippen molar-refractivity contribution < 1.29 is 23.8 Å². The molecule has 0 aliphatic heterocycles. The highest BCUT2D eigenvalue weighted by Gasteiger charge is 2.24. The summed E-state index contributed by atoms with van der Waals surface area (Å²) in [7, 11) is 0. The number of rotatable bonds is 9. The van der Waals surface area contributed by atoms with E-state index in [1.165, 1.54) is 5.56 Å². The van der Waals surface area contributed by atoms with Crippen LogP contribution in [0.2, 0.25) is 0 Å². The second-order valence-electron chi connectivity index (χ2n) is 8.36. The number of benzene rings is 2. The summed E-state index contributed by atoms with van der Waals surface area (Å²) in [6, 6.07) is 15.1. The summed E-state index contributed by atoms with van der Waals surface area (Å²) in [4.78, 5) is 23.5. The van der Waals surface area contributed by atoms with Crippen LogP contribution in [0.3, 0.4) is 0 Å². The van der Waals surface area contributed by atoms with Crippen LogP contribution in [0.15, 0.2) is 52.9 Å². The van der Waals surface area contributed by atoms with E-state index in [0.29, 0.717) is 29.6 Å². The fourth-order valence-corrected chi connectivity index (χ4v) is 4.30. The Kier molecular flexibility index (Phi) is 7.41. The Labute approximate surface area is 197 Å². The number of carboxylic acid groups (broad SMARTS) is 1. The molecule has 1 aromatic heterocycles. The van der Waals surface area contributed by atoms with Crippen molar-refractivity contribution in [3.8, 4) is 5.75 Å². The van der Waals surface area contributed by atoms with E-state index in [4.69, 9.17) is 14.3 Å². The molecule has 0 radical (unpaired) electrons. The zero-order chi connectivity index (χ0) is 23.9. The van der Waals surface area contributed by atoms with Gasteiger partial charge in [-0.15, -0.1) is 5.10 Å². The number of aromatic nitrogens is 2. The zero-order valence-corrected chi connectivity index (χ0v) is 19.0. The van der Waals surface area contributed by atoms with Crippen LogP contribution in [0.1, 0.15) is 61.2 Å². The number of para-hydroxylation sites is 2. The first kappa shape index (κ1) is 23.3. The van der Waals surface area contributed by atoms with Crippen LogP contribution in [0.5, 0.6) is 5.75 Å². The molecule has 1 fully saturated rings. The van der Waals surface area contributed by atoms with Crippen LogP contribution in [0, 0.1) is 5.92 Å². The molecule has 1 aliphatic carbocycles. The monoisotopic (exact) mass is 464 g/mol. The molecule has 9 heteroatoms. The van der Waals surface area contributed by atoms with Gasteiger partial charge >= 0.3 is 23.8 Å². The van der Waals surface area contributed by atoms with Crippen LogP contribution < -0.4 is 15.4 Å². The Morgan fingerprint density at radius 2 is 1.79 bits per heavy atom. The van der Waals surface area contributed by atoms with Gasteiger partial charge < -0.3 is 24.9 Å². The predicted molar refractivity (Wildman–Crippen MR) is 127 cm³/mol. The number of amides is 1. The largest absolute Gasteiger partial charge is 0.492 e. The number of anilines is 3. The van der Waals surface area contributed by atoms with Crippen molar-refractivity contribution in [2.75, 3.05) is 17.2 Å². The molecule has 1 aliphatic rings. The standard InChI is InChI=1S/C25H28N4O5/c1-2-33-21-6-4-3-5-20(21)27-25-29-28-24(34-25)23(32)26-19-13-11-18(12-14-19)17-9-7-16(8-10-17)15-22(30)31/h3-6,11-14,16-17H,2,7-10,15H2,1H3,(H,26,32)(H,27,29)(H,30,31). The van der Waals surface area contributed by atoms with Gasteiger partial charge in [0, 0.05) is 12.1 Å². The second-order valence-corrected chi connectivity index (χ2v) is 8.36. The van der Waals surface area contributed by atoms with Crippen molar-refractivity contribution in [3.05, 3.63) is 60.0 Å². The number of carbonyl (C=O) groups is 2. The van der Waals surface area contributed by atoms with Gasteiger partial charge in [0.15, 0.2) is 0 Å². The van der Waals surface area contributed by atoms with E-state index in [1.54, 1.807) is 0 Å². The summed E-state index contributed by atoms with van der Waals surface area (Å²) in [5.41, 5.74) is 2.49. The van der Waals surface area contributed by atoms with Crippen molar-refractivity contribution in [3.63, 3.8) is 0 Å². The molecule has 1 saturated carbocycles. The smallest absolute Gasteiger partial charge is 0.320 e. The fraction of sp³-hybridized carbons (Fsp3) is 0.360. The minimum absolute atomic E-state index is 0.0890. The van der Waals surface area contributed by atoms with Crippen molar-refractivity contribution in [2.24, 2.45) is 5.92 Å². The maximum atomic E-state index is 12.6. The van der Waals surface area contributed by atoms with Gasteiger partial charge in [0.2, 0.25) is 0 Å². The number of hydrogen-bond acceptors (Lipinski definition) is 7. The van der Waals surface area contributed by atoms with Gasteiger partial charge in [-0.2, -0.15) is 0 Å². The van der Waals surface area contributed by atoms with Crippen LogP contribution in [0.25, 0.3) is 0 Å². The molecule has 0 bridgehead atoms. The predicted octanol–water partition coefficient (Wildman–Crippen LogP) is 5.21. The Balaban J connectivity index is 1.32. The number of aliphatic carboxylic acids is 1. The molecule has 9 nitrogen and oxygen atoms in total. The average Bonchev–Trinajstić information content (AvgIpc) is 3.30. The normalized spacial score (nSPS) is 17.7. The summed E-state index contributed by atoms with van der Waals surface area (Å²) in [6.07, 6.45) is 4.07. The van der Waals surface area contributed by atoms with Crippen LogP contribution in [0.4, 0.5) is 17.4 Å². The van der Waals surface area contributed by atoms with Crippen molar-refractivity contribution >= 4 is 29.3 Å². The zero-order valence-electron chi connectivity index (χ0n) is 19.0. The highest BCUT2D eigenvalue weighted by atomic mass is 16.5. The summed E-state index contributed by atoms with van der Waals surface area (Å²) >= 11 is 0. The molecule has 0 saturated heterocycles. The highest BCUT2D eigenvalue weighted by Crippen LogP contribution is 2.37. The van der Waals surface area contributed by atoms with Crippen LogP contribution >= 0.6 is 0 Å². The van der Waals surface area contributed by atoms with E-state index < -0.39 is 11.9 Å². The van der Waals surface area contributed by atoms with E-state index in [0.717, 1.165) is 25.7 Å². The number of nitrogens with one attached hydrogen (secondary N) is 2. The molecule has 3 N–H and O–H groups in total. The summed E-state index contributed by atoms with van der Waals surface area (Å²) in [5, 5.41) is 22.4. The van der Waals surface area contributed by atoms with E-state index in [-0.39, 0.29) is 24.2 Å². The molecule has 0 spiro atoms. The number of carbonyl (C=O) groups excluding carboxylic acids is 1. The third-order valence-corrected chi connectivity index (χ3v) is 6.00. The first-order chi connectivity index (χ1) is 16.5. The summed E-state index contributed by atoms with van der Waals surface area (Å²) < 4.78 is 11.0. The third-order valence-electron chi connectivity index (χ3n) is 6.00. The fourth-order valence-electron chi connectivity index (χ4n) is 4.30. The molecule has 1 heterocycles. The van der Waals surface area contributed by atoms with Gasteiger partial charge in [0.25, 0.3) is 0 Å². The second kappa shape index (κ2) is 10.8. The molecule has 178 valence electrons. The van der Waals surface area contributed by atoms with E-state index in [2.05, 4.69) is 20.8 Å². The molecule has 2 aromatic carbocycles. The maximum Gasteiger partial charge on any atom is 0.320 e. The molecule has 1 amide bonds. The molecule has 0 unspecified atom stereocenters. The quantitative estimate of drug-likeness (QED) is 0.394. The van der Waals surface area contributed by atoms with Gasteiger partial charge in [-0.05, 0) is 74.3 Å². The van der Waals surface area contributed by atoms with Crippen molar-refractivity contribution in [1.29, 1.82) is 0 Å². The first-order valence-corrected chi connectivity index (χ1v) is 11.5. The Hall–Kier alpha value is -3.88. The first-order valence-electron chi connectivity index (χ1n) is 11.5. The van der Waals surface area contributed by atoms with Crippen LogP contribution in [-0.4, -0.2) is 33.8 Å². The SMILES string of the molecule is CCOc1ccccc1Nc1nnc(C(=O)Nc2ccc(C3CCC(CC(=O)O)CC3)cc2)o1. The summed E-state index contributed by atoms with van der Waals surface area (Å²) in [5.74, 6) is -0.0434. The molecule has 4 rings (SSSR count). The lowest BCUT2D eigenvalue weighted by molar-refractivity contribution is -0.138. The minimum Gasteiger partial charge on any atom is -0.492 e. The van der Waals surface area contributed by atoms with Gasteiger partial charge in [-0.1, -0.05) is 29.4 Å². The lowest BCUT2D eigenvalue weighted by Gasteiger charge is -2.28. The minimum atomic E-state index is -0.719. The van der Waals surface area contributed by atoms with Crippen molar-refractivity contribution in [1.82, 2.24) is 10.2 Å². The Morgan fingerprint density at radius 1 is 1.06 bits per heavy atom. The Bertz CT molecular complexity index is 1120. The third kappa shape index (κ3) is 5.92. The number of carboxylic acids is 1. The molecule has 0 atom stereocenters. The van der Waals surface area contributed by atoms with Gasteiger partial charge in [-0.25, -0.2) is 0 Å². The number of ether oxygens (including phenoxy) is 1. The van der Waals surface area contributed by atoms with Gasteiger partial charge in [-0.3, -0.25) is 9.59 Å². The molecular formula is C25H28N4O5. The van der Waals surface area contributed by atoms with E-state index in [1.807, 2.05) is 55.5 Å². The Morgan fingerprint density at radius 3 is 2.50 bits per heavy atom. The van der Waals surface area contributed by atoms with Crippen molar-refractivity contribution in [2.45, 2.75) is 44.9 Å². The van der Waals surface area contributed by atoms with Gasteiger partial charge in [0.05, 0.1) is 12.3 Å². The lowest BCUT2D eigenvalue weighted by atomic mass is 9.77. The topological polar surface area (TPSA) is 127 Å². The van der Waals surface area contributed by atoms with E-state index in [9.17, 15) is 9.59 Å². The lowest BCUT2D eigenvalue weighted by Crippen LogP contribution is -2.16. The molecule has 34 heavy (non-hydrogen) atoms. The number of hydrogen-bond donors (Lipinski definition) is 3. The maximum absolute atomic E-state index is 12.6. The van der Waals surface area contributed by atoms with E-state index >= 15 is 0 Å².